The molecule has 7 heteroatoms. The number of anilines is 1. The maximum absolute atomic E-state index is 13.5. The van der Waals surface area contributed by atoms with Crippen molar-refractivity contribution in [3.05, 3.63) is 106 Å². The normalized spacial score (nSPS) is 20.0. The minimum absolute atomic E-state index is 0.176. The number of carbonyl (C=O) groups is 5. The van der Waals surface area contributed by atoms with Crippen LogP contribution in [-0.4, -0.2) is 34.0 Å². The van der Waals surface area contributed by atoms with E-state index in [0.717, 1.165) is 11.1 Å². The number of hydrogen-bond donors (Lipinski definition) is 1. The van der Waals surface area contributed by atoms with Crippen LogP contribution in [0, 0.1) is 5.92 Å². The number of pyridine rings is 1. The molecule has 170 valence electrons. The highest BCUT2D eigenvalue weighted by molar-refractivity contribution is 6.49. The van der Waals surface area contributed by atoms with Gasteiger partial charge in [0.25, 0.3) is 5.91 Å². The Morgan fingerprint density at radius 1 is 0.914 bits per heavy atom. The molecule has 0 aliphatic heterocycles. The molecule has 0 radical (unpaired) electrons. The van der Waals surface area contributed by atoms with Gasteiger partial charge in [0.2, 0.25) is 11.6 Å². The summed E-state index contributed by atoms with van der Waals surface area (Å²) in [6, 6.07) is 11.4. The summed E-state index contributed by atoms with van der Waals surface area (Å²) in [4.78, 5) is 68.6. The lowest BCUT2D eigenvalue weighted by atomic mass is 9.64. The molecule has 1 amide bonds. The standard InChI is InChI=1S/C28H18N2O5/c31-23-5-1-3-14-9-16-11-22-21-10-15(28(35)30-17-4-2-8-29-13-17)6-7-18(21)26(33)27(34)24(22)25(32)20(16)12-19(14)23/h1-2,4-10,12-13,22,24H,3,11H2,(H,30,35). The van der Waals surface area contributed by atoms with Gasteiger partial charge in [-0.2, -0.15) is 0 Å². The van der Waals surface area contributed by atoms with Gasteiger partial charge >= 0.3 is 0 Å². The topological polar surface area (TPSA) is 110 Å². The Morgan fingerprint density at radius 2 is 1.77 bits per heavy atom. The summed E-state index contributed by atoms with van der Waals surface area (Å²) in [6.45, 7) is 0. The van der Waals surface area contributed by atoms with Gasteiger partial charge < -0.3 is 5.32 Å². The van der Waals surface area contributed by atoms with Crippen LogP contribution in [0.15, 0.2) is 67.0 Å². The monoisotopic (exact) mass is 462 g/mol. The van der Waals surface area contributed by atoms with Gasteiger partial charge in [0.15, 0.2) is 11.6 Å². The zero-order valence-corrected chi connectivity index (χ0v) is 18.4. The Balaban J connectivity index is 1.42. The number of aromatic nitrogens is 1. The third-order valence-electron chi connectivity index (χ3n) is 6.98. The zero-order chi connectivity index (χ0) is 24.3. The van der Waals surface area contributed by atoms with Gasteiger partial charge in [-0.15, -0.1) is 0 Å². The van der Waals surface area contributed by atoms with Gasteiger partial charge in [-0.3, -0.25) is 29.0 Å². The third-order valence-corrected chi connectivity index (χ3v) is 6.98. The maximum Gasteiger partial charge on any atom is 0.255 e. The molecule has 1 heterocycles. The molecular weight excluding hydrogens is 444 g/mol. The molecule has 3 aliphatic rings. The highest BCUT2D eigenvalue weighted by Crippen LogP contribution is 2.44. The molecule has 3 aliphatic carbocycles. The number of benzene rings is 2. The van der Waals surface area contributed by atoms with Gasteiger partial charge in [-0.1, -0.05) is 12.1 Å². The summed E-state index contributed by atoms with van der Waals surface area (Å²) >= 11 is 0. The SMILES string of the molecule is O=C(Nc1cccnc1)c1ccc2c(c1)C1Cc3cc4c(cc3C(=O)C1C(=O)C2=O)C(=O)C=CC4. The average molecular weight is 462 g/mol. The van der Waals surface area contributed by atoms with Crippen molar-refractivity contribution in [2.75, 3.05) is 5.32 Å². The van der Waals surface area contributed by atoms with Gasteiger partial charge in [0, 0.05) is 34.4 Å². The van der Waals surface area contributed by atoms with Crippen LogP contribution in [-0.2, 0) is 17.6 Å². The number of nitrogens with one attached hydrogen (secondary N) is 1. The van der Waals surface area contributed by atoms with Crippen LogP contribution in [0.3, 0.4) is 0 Å². The van der Waals surface area contributed by atoms with Crippen molar-refractivity contribution >= 4 is 34.7 Å². The van der Waals surface area contributed by atoms with E-state index in [1.165, 1.54) is 24.4 Å². The number of fused-ring (bicyclic) bond motifs is 5. The predicted octanol–water partition coefficient (Wildman–Crippen LogP) is 3.53. The lowest BCUT2D eigenvalue weighted by Gasteiger charge is -2.36. The van der Waals surface area contributed by atoms with Crippen LogP contribution in [0.25, 0.3) is 0 Å². The van der Waals surface area contributed by atoms with Crippen LogP contribution in [0.4, 0.5) is 5.69 Å². The van der Waals surface area contributed by atoms with E-state index in [-0.39, 0.29) is 17.3 Å². The molecule has 1 N–H and O–H groups in total. The minimum atomic E-state index is -1.16. The molecule has 0 saturated carbocycles. The Hall–Kier alpha value is -4.52. The van der Waals surface area contributed by atoms with Crippen molar-refractivity contribution in [2.24, 2.45) is 5.92 Å². The van der Waals surface area contributed by atoms with E-state index in [0.29, 0.717) is 40.8 Å². The van der Waals surface area contributed by atoms with Crippen molar-refractivity contribution in [1.29, 1.82) is 0 Å². The Labute approximate surface area is 199 Å². The van der Waals surface area contributed by atoms with E-state index in [1.54, 1.807) is 36.5 Å². The fraction of sp³-hybridized carbons (Fsp3) is 0.143. The summed E-state index contributed by atoms with van der Waals surface area (Å²) in [6.07, 6.45) is 7.33. The van der Waals surface area contributed by atoms with E-state index in [4.69, 9.17) is 0 Å². The molecule has 0 bridgehead atoms. The largest absolute Gasteiger partial charge is 0.321 e. The van der Waals surface area contributed by atoms with Gasteiger partial charge in [0.05, 0.1) is 17.8 Å². The average Bonchev–Trinajstić information content (AvgIpc) is 2.87. The van der Waals surface area contributed by atoms with Crippen LogP contribution >= 0.6 is 0 Å². The van der Waals surface area contributed by atoms with E-state index in [9.17, 15) is 24.0 Å². The molecule has 0 spiro atoms. The maximum atomic E-state index is 13.5. The second-order valence-corrected chi connectivity index (χ2v) is 8.98. The zero-order valence-electron chi connectivity index (χ0n) is 18.4. The number of amides is 1. The number of rotatable bonds is 2. The fourth-order valence-corrected chi connectivity index (χ4v) is 5.30. The van der Waals surface area contributed by atoms with E-state index < -0.39 is 29.2 Å². The predicted molar refractivity (Wildman–Crippen MR) is 126 cm³/mol. The first-order valence-corrected chi connectivity index (χ1v) is 11.3. The minimum Gasteiger partial charge on any atom is -0.321 e. The first-order chi connectivity index (χ1) is 16.9. The number of Topliss-reactive ketones (excluding diaryl/α,β-unsaturated/α-hetero) is 3. The molecule has 0 saturated heterocycles. The van der Waals surface area contributed by atoms with Crippen molar-refractivity contribution in [1.82, 2.24) is 4.98 Å². The highest BCUT2D eigenvalue weighted by Gasteiger charge is 2.48. The quantitative estimate of drug-likeness (QED) is 0.461. The molecule has 1 aromatic heterocycles. The van der Waals surface area contributed by atoms with Crippen molar-refractivity contribution in [3.8, 4) is 0 Å². The third kappa shape index (κ3) is 3.27. The van der Waals surface area contributed by atoms with Crippen molar-refractivity contribution in [2.45, 2.75) is 18.8 Å². The van der Waals surface area contributed by atoms with E-state index in [1.807, 2.05) is 6.07 Å². The highest BCUT2D eigenvalue weighted by atomic mass is 16.2. The summed E-state index contributed by atoms with van der Waals surface area (Å²) in [7, 11) is 0. The van der Waals surface area contributed by atoms with Gasteiger partial charge in [0.1, 0.15) is 0 Å². The summed E-state index contributed by atoms with van der Waals surface area (Å²) in [5.74, 6) is -4.20. The Morgan fingerprint density at radius 3 is 2.57 bits per heavy atom. The number of carbonyl (C=O) groups excluding carboxylic acids is 5. The molecule has 3 aromatic rings. The van der Waals surface area contributed by atoms with Crippen LogP contribution < -0.4 is 5.32 Å². The number of nitrogens with zero attached hydrogens (tertiary/aromatic N) is 1. The number of allylic oxidation sites excluding steroid dienone is 2. The first-order valence-electron chi connectivity index (χ1n) is 11.3. The Bertz CT molecular complexity index is 1520. The van der Waals surface area contributed by atoms with Gasteiger partial charge in [-0.25, -0.2) is 0 Å². The van der Waals surface area contributed by atoms with Crippen LogP contribution in [0.2, 0.25) is 0 Å². The molecule has 7 nitrogen and oxygen atoms in total. The molecule has 2 unspecified atom stereocenters. The molecule has 35 heavy (non-hydrogen) atoms. The molecule has 0 fully saturated rings. The summed E-state index contributed by atoms with van der Waals surface area (Å²) in [5.41, 5.74) is 3.95. The van der Waals surface area contributed by atoms with Gasteiger partial charge in [-0.05, 0) is 72.0 Å². The second-order valence-electron chi connectivity index (χ2n) is 8.98. The van der Waals surface area contributed by atoms with Crippen LogP contribution in [0.5, 0.6) is 0 Å². The smallest absolute Gasteiger partial charge is 0.255 e. The second kappa shape index (κ2) is 7.77. The summed E-state index contributed by atoms with van der Waals surface area (Å²) in [5, 5.41) is 2.76. The molecule has 2 aromatic carbocycles. The summed E-state index contributed by atoms with van der Waals surface area (Å²) < 4.78 is 0. The van der Waals surface area contributed by atoms with Crippen molar-refractivity contribution in [3.63, 3.8) is 0 Å². The molecular formula is C28H18N2O5. The lowest BCUT2D eigenvalue weighted by Crippen LogP contribution is -2.44. The molecule has 2 atom stereocenters. The van der Waals surface area contributed by atoms with Crippen molar-refractivity contribution < 1.29 is 24.0 Å². The van der Waals surface area contributed by atoms with E-state index in [2.05, 4.69) is 10.3 Å². The number of ketones is 4. The lowest BCUT2D eigenvalue weighted by molar-refractivity contribution is -0.118. The van der Waals surface area contributed by atoms with Crippen LogP contribution in [0.1, 0.15) is 64.0 Å². The fourth-order valence-electron chi connectivity index (χ4n) is 5.30. The Kier molecular flexibility index (Phi) is 4.67. The van der Waals surface area contributed by atoms with E-state index >= 15 is 0 Å². The number of hydrogen-bond acceptors (Lipinski definition) is 6. The first kappa shape index (κ1) is 21.0. The molecule has 6 rings (SSSR count).